The van der Waals surface area contributed by atoms with E-state index in [2.05, 4.69) is 20.9 Å². The molecule has 0 aliphatic heterocycles. The molecule has 1 rings (SSSR count). The number of nitrogens with zero attached hydrogens (tertiary/aromatic N) is 1. The summed E-state index contributed by atoms with van der Waals surface area (Å²) in [5, 5.41) is 10.6. The molecular weight excluding hydrogens is 291 g/mol. The second-order valence-electron chi connectivity index (χ2n) is 1.44. The molecular formula is C5H2BrClNORb. The van der Waals surface area contributed by atoms with Gasteiger partial charge in [0.2, 0.25) is 0 Å². The quantitative estimate of drug-likeness (QED) is 0.550. The van der Waals surface area contributed by atoms with E-state index in [1.165, 1.54) is 12.3 Å². The zero-order valence-corrected chi connectivity index (χ0v) is 12.5. The molecule has 10 heavy (non-hydrogen) atoms. The molecule has 0 aliphatic rings. The first-order chi connectivity index (χ1) is 4.20. The normalized spacial score (nSPS) is 8.60. The molecule has 0 aliphatic carbocycles. The Morgan fingerprint density at radius 2 is 2.20 bits per heavy atom. The van der Waals surface area contributed by atoms with Crippen LogP contribution in [0, 0.1) is 0 Å². The van der Waals surface area contributed by atoms with E-state index in [0.717, 1.165) is 0 Å². The predicted molar refractivity (Wildman–Crippen MR) is 36.4 cm³/mol. The van der Waals surface area contributed by atoms with Crippen LogP contribution in [0.2, 0.25) is 5.15 Å². The first kappa shape index (κ1) is 11.5. The summed E-state index contributed by atoms with van der Waals surface area (Å²) in [4.78, 5) is 3.58. The van der Waals surface area contributed by atoms with Gasteiger partial charge in [0.25, 0.3) is 0 Å². The van der Waals surface area contributed by atoms with Crippen LogP contribution in [0.1, 0.15) is 0 Å². The minimum absolute atomic E-state index is 0. The van der Waals surface area contributed by atoms with E-state index < -0.39 is 0 Å². The van der Waals surface area contributed by atoms with Crippen LogP contribution < -0.4 is 63.3 Å². The summed E-state index contributed by atoms with van der Waals surface area (Å²) in [6.45, 7) is 0. The molecule has 0 saturated heterocycles. The van der Waals surface area contributed by atoms with Gasteiger partial charge < -0.3 is 5.11 Å². The Morgan fingerprint density at radius 3 is 2.60 bits per heavy atom. The molecule has 0 unspecified atom stereocenters. The van der Waals surface area contributed by atoms with E-state index in [1.807, 2.05) is 0 Å². The number of aromatic nitrogens is 1. The zero-order chi connectivity index (χ0) is 6.85. The second kappa shape index (κ2) is 5.22. The van der Waals surface area contributed by atoms with Gasteiger partial charge in [-0.3, -0.25) is 0 Å². The molecule has 5 heteroatoms. The summed E-state index contributed by atoms with van der Waals surface area (Å²) < 4.78 is 0.650. The van der Waals surface area contributed by atoms with E-state index in [4.69, 9.17) is 11.6 Å². The van der Waals surface area contributed by atoms with E-state index in [0.29, 0.717) is 4.47 Å². The molecule has 0 atom stereocenters. The fraction of sp³-hybridized carbons (Fsp3) is 0. The zero-order valence-electron chi connectivity index (χ0n) is 5.27. The predicted octanol–water partition coefficient (Wildman–Crippen LogP) is -1.42. The largest absolute Gasteiger partial charge is 1.00 e. The molecule has 1 aromatic rings. The average Bonchev–Trinajstić information content (AvgIpc) is 1.80. The second-order valence-corrected chi connectivity index (χ2v) is 2.72. The summed E-state index contributed by atoms with van der Waals surface area (Å²) >= 11 is 8.41. The minimum Gasteiger partial charge on any atom is -0.870 e. The van der Waals surface area contributed by atoms with E-state index in [-0.39, 0.29) is 69.1 Å². The first-order valence-corrected chi connectivity index (χ1v) is 3.35. The Balaban J connectivity index is 0.000000810. The fourth-order valence-corrected chi connectivity index (χ4v) is 0.818. The standard InChI is InChI=1S/C5H3BrClNO.Rb/c6-3-1-4(9)5(7)8-2-3;/h1-2,9H;/q;+1/p-1. The van der Waals surface area contributed by atoms with Crippen LogP contribution in [0.5, 0.6) is 5.75 Å². The third-order valence-electron chi connectivity index (χ3n) is 0.774. The summed E-state index contributed by atoms with van der Waals surface area (Å²) in [5.41, 5.74) is 0. The van der Waals surface area contributed by atoms with Crippen molar-refractivity contribution in [2.45, 2.75) is 0 Å². The Hall–Kier alpha value is 1.53. The average molecular weight is 293 g/mol. The maximum Gasteiger partial charge on any atom is 1.00 e. The molecule has 0 N–H and O–H groups in total. The summed E-state index contributed by atoms with van der Waals surface area (Å²) in [6.07, 6.45) is 1.48. The first-order valence-electron chi connectivity index (χ1n) is 2.18. The van der Waals surface area contributed by atoms with Crippen LogP contribution in [-0.2, 0) is 0 Å². The van der Waals surface area contributed by atoms with Gasteiger partial charge in [-0.25, -0.2) is 4.98 Å². The molecule has 0 radical (unpaired) electrons. The van der Waals surface area contributed by atoms with Crippen LogP contribution in [0.4, 0.5) is 0 Å². The van der Waals surface area contributed by atoms with Gasteiger partial charge in [-0.05, 0) is 15.9 Å². The molecule has 0 saturated carbocycles. The molecule has 0 spiro atoms. The van der Waals surface area contributed by atoms with Crippen molar-refractivity contribution >= 4 is 27.5 Å². The van der Waals surface area contributed by atoms with Crippen LogP contribution in [-0.4, -0.2) is 4.98 Å². The van der Waals surface area contributed by atoms with Gasteiger partial charge in [-0.2, -0.15) is 0 Å². The van der Waals surface area contributed by atoms with Crippen molar-refractivity contribution in [3.63, 3.8) is 0 Å². The molecule has 0 amide bonds. The maximum atomic E-state index is 10.6. The van der Waals surface area contributed by atoms with Crippen molar-refractivity contribution < 1.29 is 63.3 Å². The third kappa shape index (κ3) is 3.28. The van der Waals surface area contributed by atoms with Gasteiger partial charge in [0.05, 0.1) is 0 Å². The van der Waals surface area contributed by atoms with Crippen LogP contribution in [0.3, 0.4) is 0 Å². The number of rotatable bonds is 0. The van der Waals surface area contributed by atoms with Crippen molar-refractivity contribution in [1.82, 2.24) is 4.98 Å². The number of hydrogen-bond donors (Lipinski definition) is 0. The van der Waals surface area contributed by atoms with Crippen LogP contribution in [0.25, 0.3) is 0 Å². The van der Waals surface area contributed by atoms with Crippen molar-refractivity contribution in [3.8, 4) is 5.75 Å². The Morgan fingerprint density at radius 1 is 1.60 bits per heavy atom. The van der Waals surface area contributed by atoms with Crippen LogP contribution in [0.15, 0.2) is 16.7 Å². The Labute approximate surface area is 121 Å². The van der Waals surface area contributed by atoms with E-state index in [1.54, 1.807) is 0 Å². The number of hydrogen-bond acceptors (Lipinski definition) is 2. The molecule has 0 aromatic carbocycles. The Kier molecular flexibility index (Phi) is 6.02. The van der Waals surface area contributed by atoms with Gasteiger partial charge in [-0.15, -0.1) is 0 Å². The molecule has 48 valence electrons. The van der Waals surface area contributed by atoms with Gasteiger partial charge in [-0.1, -0.05) is 23.4 Å². The maximum absolute atomic E-state index is 10.6. The van der Waals surface area contributed by atoms with E-state index in [9.17, 15) is 5.11 Å². The van der Waals surface area contributed by atoms with Crippen LogP contribution >= 0.6 is 27.5 Å². The van der Waals surface area contributed by atoms with Crippen molar-refractivity contribution in [3.05, 3.63) is 21.9 Å². The molecule has 0 fully saturated rings. The minimum atomic E-state index is -0.258. The third-order valence-corrected chi connectivity index (χ3v) is 1.49. The summed E-state index contributed by atoms with van der Waals surface area (Å²) in [6, 6.07) is 1.37. The Bertz CT molecular complexity index is 233. The van der Waals surface area contributed by atoms with Crippen molar-refractivity contribution in [1.29, 1.82) is 0 Å². The number of halogens is 2. The topological polar surface area (TPSA) is 36.0 Å². The van der Waals surface area contributed by atoms with Gasteiger partial charge in [0.15, 0.2) is 0 Å². The van der Waals surface area contributed by atoms with Crippen molar-refractivity contribution in [2.75, 3.05) is 0 Å². The van der Waals surface area contributed by atoms with Gasteiger partial charge in [0.1, 0.15) is 5.15 Å². The summed E-state index contributed by atoms with van der Waals surface area (Å²) in [7, 11) is 0. The molecule has 0 bridgehead atoms. The smallest absolute Gasteiger partial charge is 0.870 e. The molecule has 1 aromatic heterocycles. The van der Waals surface area contributed by atoms with Gasteiger partial charge >= 0.3 is 58.2 Å². The SMILES string of the molecule is [O-]c1cc(Br)cnc1Cl.[Rb+]. The van der Waals surface area contributed by atoms with E-state index >= 15 is 0 Å². The molecule has 1 heterocycles. The van der Waals surface area contributed by atoms with Crippen molar-refractivity contribution in [2.24, 2.45) is 0 Å². The van der Waals surface area contributed by atoms with Gasteiger partial charge in [0, 0.05) is 10.7 Å². The summed E-state index contributed by atoms with van der Waals surface area (Å²) in [5.74, 6) is -0.258. The monoisotopic (exact) mass is 291 g/mol. The fourth-order valence-electron chi connectivity index (χ4n) is 0.404. The number of pyridine rings is 1. The molecule has 2 nitrogen and oxygen atoms in total.